The molecule has 130 valence electrons. The SMILES string of the molecule is CCn1c(=O)c(C)c(Sc2ccccc2)n(COCCOC)c1=O. The maximum absolute atomic E-state index is 12.6. The fourth-order valence-electron chi connectivity index (χ4n) is 2.24. The van der Waals surface area contributed by atoms with E-state index in [0.717, 1.165) is 4.90 Å². The summed E-state index contributed by atoms with van der Waals surface area (Å²) in [6.07, 6.45) is 0. The van der Waals surface area contributed by atoms with Crippen molar-refractivity contribution in [2.24, 2.45) is 0 Å². The lowest BCUT2D eigenvalue weighted by atomic mass is 10.3. The molecule has 0 aliphatic carbocycles. The molecule has 2 rings (SSSR count). The van der Waals surface area contributed by atoms with Crippen molar-refractivity contribution in [2.75, 3.05) is 20.3 Å². The van der Waals surface area contributed by atoms with E-state index in [4.69, 9.17) is 9.47 Å². The first-order valence-electron chi connectivity index (χ1n) is 7.74. The molecule has 0 saturated carbocycles. The van der Waals surface area contributed by atoms with Gasteiger partial charge >= 0.3 is 5.69 Å². The van der Waals surface area contributed by atoms with Crippen LogP contribution in [0.1, 0.15) is 12.5 Å². The summed E-state index contributed by atoms with van der Waals surface area (Å²) in [6, 6.07) is 9.64. The maximum atomic E-state index is 12.6. The van der Waals surface area contributed by atoms with Crippen molar-refractivity contribution >= 4 is 11.8 Å². The second kappa shape index (κ2) is 8.86. The lowest BCUT2D eigenvalue weighted by Gasteiger charge is -2.17. The normalized spacial score (nSPS) is 11.0. The fourth-order valence-corrected chi connectivity index (χ4v) is 3.24. The van der Waals surface area contributed by atoms with Gasteiger partial charge in [0, 0.05) is 24.1 Å². The zero-order valence-electron chi connectivity index (χ0n) is 14.2. The van der Waals surface area contributed by atoms with E-state index in [2.05, 4.69) is 0 Å². The summed E-state index contributed by atoms with van der Waals surface area (Å²) in [5, 5.41) is 0.610. The summed E-state index contributed by atoms with van der Waals surface area (Å²) in [4.78, 5) is 26.0. The van der Waals surface area contributed by atoms with Crippen molar-refractivity contribution in [2.45, 2.75) is 37.0 Å². The van der Waals surface area contributed by atoms with Crippen molar-refractivity contribution < 1.29 is 9.47 Å². The summed E-state index contributed by atoms with van der Waals surface area (Å²) in [7, 11) is 1.59. The third kappa shape index (κ3) is 4.17. The van der Waals surface area contributed by atoms with Crippen LogP contribution >= 0.6 is 11.8 Å². The Hall–Kier alpha value is -1.83. The summed E-state index contributed by atoms with van der Waals surface area (Å²) in [5.41, 5.74) is -0.0707. The number of hydrogen-bond donors (Lipinski definition) is 0. The molecule has 0 amide bonds. The Morgan fingerprint density at radius 1 is 1.08 bits per heavy atom. The minimum absolute atomic E-state index is 0.0818. The summed E-state index contributed by atoms with van der Waals surface area (Å²) >= 11 is 1.39. The van der Waals surface area contributed by atoms with Crippen LogP contribution in [0.2, 0.25) is 0 Å². The van der Waals surface area contributed by atoms with Gasteiger partial charge in [0.1, 0.15) is 6.73 Å². The van der Waals surface area contributed by atoms with Crippen LogP contribution in [0.25, 0.3) is 0 Å². The van der Waals surface area contributed by atoms with Gasteiger partial charge in [-0.25, -0.2) is 4.79 Å². The Bertz CT molecular complexity index is 784. The van der Waals surface area contributed by atoms with Gasteiger partial charge in [0.15, 0.2) is 0 Å². The number of hydrogen-bond acceptors (Lipinski definition) is 5. The standard InChI is InChI=1S/C17H22N2O4S/c1-4-18-15(20)13(2)16(24-14-8-6-5-7-9-14)19(17(18)21)12-23-11-10-22-3/h5-9H,4,10-12H2,1-3H3. The molecule has 0 unspecified atom stereocenters. The van der Waals surface area contributed by atoms with Crippen LogP contribution in [-0.4, -0.2) is 29.5 Å². The molecule has 1 heterocycles. The molecular formula is C17H22N2O4S. The molecule has 6 nitrogen and oxygen atoms in total. The van der Waals surface area contributed by atoms with Crippen molar-refractivity contribution in [3.8, 4) is 0 Å². The topological polar surface area (TPSA) is 62.5 Å². The van der Waals surface area contributed by atoms with Crippen LogP contribution < -0.4 is 11.2 Å². The molecule has 0 radical (unpaired) electrons. The molecule has 1 aromatic heterocycles. The highest BCUT2D eigenvalue weighted by Gasteiger charge is 2.16. The first kappa shape index (κ1) is 18.5. The van der Waals surface area contributed by atoms with Crippen LogP contribution in [-0.2, 0) is 22.7 Å². The van der Waals surface area contributed by atoms with Crippen LogP contribution in [0, 0.1) is 6.92 Å². The number of benzene rings is 1. The monoisotopic (exact) mass is 350 g/mol. The van der Waals surface area contributed by atoms with E-state index in [1.165, 1.54) is 20.9 Å². The van der Waals surface area contributed by atoms with E-state index in [9.17, 15) is 9.59 Å². The van der Waals surface area contributed by atoms with E-state index in [1.54, 1.807) is 21.0 Å². The average Bonchev–Trinajstić information content (AvgIpc) is 2.60. The highest BCUT2D eigenvalue weighted by Crippen LogP contribution is 2.27. The van der Waals surface area contributed by atoms with E-state index in [0.29, 0.717) is 30.3 Å². The first-order valence-corrected chi connectivity index (χ1v) is 8.55. The highest BCUT2D eigenvalue weighted by atomic mass is 32.2. The summed E-state index contributed by atoms with van der Waals surface area (Å²) < 4.78 is 13.2. The smallest absolute Gasteiger partial charge is 0.333 e. The van der Waals surface area contributed by atoms with Gasteiger partial charge in [0.05, 0.1) is 18.2 Å². The zero-order valence-corrected chi connectivity index (χ0v) is 15.0. The number of methoxy groups -OCH3 is 1. The Morgan fingerprint density at radius 3 is 2.42 bits per heavy atom. The van der Waals surface area contributed by atoms with E-state index in [-0.39, 0.29) is 18.0 Å². The van der Waals surface area contributed by atoms with Crippen LogP contribution in [0.3, 0.4) is 0 Å². The third-order valence-electron chi connectivity index (χ3n) is 3.52. The molecule has 0 aliphatic rings. The Labute approximate surface area is 145 Å². The van der Waals surface area contributed by atoms with Gasteiger partial charge in [-0.3, -0.25) is 13.9 Å². The lowest BCUT2D eigenvalue weighted by Crippen LogP contribution is -2.42. The quantitative estimate of drug-likeness (QED) is 0.539. The van der Waals surface area contributed by atoms with Gasteiger partial charge < -0.3 is 9.47 Å². The Morgan fingerprint density at radius 2 is 1.79 bits per heavy atom. The molecule has 0 atom stereocenters. The van der Waals surface area contributed by atoms with Crippen LogP contribution in [0.5, 0.6) is 0 Å². The summed E-state index contributed by atoms with van der Waals surface area (Å²) in [6.45, 7) is 4.75. The largest absolute Gasteiger partial charge is 0.382 e. The maximum Gasteiger partial charge on any atom is 0.333 e. The van der Waals surface area contributed by atoms with Crippen molar-refractivity contribution in [1.29, 1.82) is 0 Å². The van der Waals surface area contributed by atoms with E-state index < -0.39 is 0 Å². The molecule has 1 aromatic carbocycles. The number of aromatic nitrogens is 2. The average molecular weight is 350 g/mol. The third-order valence-corrected chi connectivity index (χ3v) is 4.75. The van der Waals surface area contributed by atoms with E-state index in [1.807, 2.05) is 30.3 Å². The highest BCUT2D eigenvalue weighted by molar-refractivity contribution is 7.99. The van der Waals surface area contributed by atoms with Crippen LogP contribution in [0.15, 0.2) is 49.8 Å². The fraction of sp³-hybridized carbons (Fsp3) is 0.412. The van der Waals surface area contributed by atoms with Gasteiger partial charge in [-0.15, -0.1) is 0 Å². The number of ether oxygens (including phenoxy) is 2. The molecule has 2 aromatic rings. The molecule has 0 fully saturated rings. The summed E-state index contributed by atoms with van der Waals surface area (Å²) in [5.74, 6) is 0. The van der Waals surface area contributed by atoms with Gasteiger partial charge in [0.2, 0.25) is 0 Å². The van der Waals surface area contributed by atoms with Crippen molar-refractivity contribution in [1.82, 2.24) is 9.13 Å². The molecule has 0 aliphatic heterocycles. The second-order valence-corrected chi connectivity index (χ2v) is 6.20. The first-order chi connectivity index (χ1) is 11.6. The minimum Gasteiger partial charge on any atom is -0.382 e. The molecule has 0 spiro atoms. The van der Waals surface area contributed by atoms with Gasteiger partial charge in [0.25, 0.3) is 5.56 Å². The molecule has 7 heteroatoms. The Kier molecular flexibility index (Phi) is 6.84. The van der Waals surface area contributed by atoms with E-state index >= 15 is 0 Å². The Balaban J connectivity index is 2.45. The molecule has 0 N–H and O–H groups in total. The predicted octanol–water partition coefficient (Wildman–Crippen LogP) is 2.11. The molecule has 0 saturated heterocycles. The number of rotatable bonds is 8. The minimum atomic E-state index is -0.357. The van der Waals surface area contributed by atoms with Crippen molar-refractivity contribution in [3.63, 3.8) is 0 Å². The molecule has 0 bridgehead atoms. The molecular weight excluding hydrogens is 328 g/mol. The molecule has 24 heavy (non-hydrogen) atoms. The van der Waals surface area contributed by atoms with Gasteiger partial charge in [-0.1, -0.05) is 30.0 Å². The van der Waals surface area contributed by atoms with Crippen molar-refractivity contribution in [3.05, 3.63) is 56.7 Å². The number of nitrogens with zero attached hydrogens (tertiary/aromatic N) is 2. The zero-order chi connectivity index (χ0) is 17.5. The van der Waals surface area contributed by atoms with Gasteiger partial charge in [-0.2, -0.15) is 0 Å². The van der Waals surface area contributed by atoms with Gasteiger partial charge in [-0.05, 0) is 26.0 Å². The van der Waals surface area contributed by atoms with Crippen LogP contribution in [0.4, 0.5) is 0 Å². The second-order valence-electron chi connectivity index (χ2n) is 5.14. The predicted molar refractivity (Wildman–Crippen MR) is 93.8 cm³/mol. The lowest BCUT2D eigenvalue weighted by molar-refractivity contribution is 0.0275.